The summed E-state index contributed by atoms with van der Waals surface area (Å²) in [4.78, 5) is 27.4. The molecule has 2 atom stereocenters. The molecule has 0 fully saturated rings. The van der Waals surface area contributed by atoms with Crippen LogP contribution < -0.4 is 5.32 Å². The summed E-state index contributed by atoms with van der Waals surface area (Å²) in [6, 6.07) is -1.26. The van der Waals surface area contributed by atoms with Crippen LogP contribution in [-0.4, -0.2) is 40.1 Å². The zero-order valence-corrected chi connectivity index (χ0v) is 11.0. The van der Waals surface area contributed by atoms with E-state index in [1.54, 1.807) is 20.8 Å². The van der Waals surface area contributed by atoms with Gasteiger partial charge in [-0.2, -0.15) is 0 Å². The van der Waals surface area contributed by atoms with E-state index in [1.807, 2.05) is 0 Å². The van der Waals surface area contributed by atoms with E-state index in [1.165, 1.54) is 0 Å². The molecule has 1 aliphatic heterocycles. The minimum Gasteiger partial charge on any atom is -0.480 e. The van der Waals surface area contributed by atoms with Gasteiger partial charge in [-0.1, -0.05) is 16.8 Å². The highest BCUT2D eigenvalue weighted by molar-refractivity contribution is 6.65. The average molecular weight is 279 g/mol. The predicted octanol–water partition coefficient (Wildman–Crippen LogP) is 1.31. The summed E-state index contributed by atoms with van der Waals surface area (Å²) in [5.74, 6) is -1.24. The molecule has 18 heavy (non-hydrogen) atoms. The Kier molecular flexibility index (Phi) is 4.39. The number of oxime groups is 1. The van der Waals surface area contributed by atoms with Crippen LogP contribution in [0.15, 0.2) is 5.16 Å². The van der Waals surface area contributed by atoms with E-state index in [0.717, 1.165) is 0 Å². The number of carbonyl (C=O) groups excluding carboxylic acids is 1. The molecule has 0 aromatic heterocycles. The number of carboxylic acids is 1. The largest absolute Gasteiger partial charge is 0.480 e. The molecular formula is C10H15ClN2O5. The first-order valence-electron chi connectivity index (χ1n) is 5.29. The lowest BCUT2D eigenvalue weighted by Gasteiger charge is -2.23. The fourth-order valence-corrected chi connectivity index (χ4v) is 1.48. The molecule has 0 aliphatic carbocycles. The molecule has 0 saturated heterocycles. The molecule has 0 aromatic carbocycles. The molecule has 8 heteroatoms. The second-order valence-corrected chi connectivity index (χ2v) is 5.21. The third-order valence-corrected chi connectivity index (χ3v) is 2.19. The van der Waals surface area contributed by atoms with Crippen molar-refractivity contribution in [2.45, 2.75) is 44.9 Å². The predicted molar refractivity (Wildman–Crippen MR) is 63.6 cm³/mol. The first kappa shape index (κ1) is 14.6. The molecule has 0 aromatic rings. The number of ether oxygens (including phenoxy) is 1. The van der Waals surface area contributed by atoms with Gasteiger partial charge in [0.2, 0.25) is 0 Å². The molecule has 1 unspecified atom stereocenters. The van der Waals surface area contributed by atoms with Gasteiger partial charge in [-0.15, -0.1) is 0 Å². The highest BCUT2D eigenvalue weighted by Crippen LogP contribution is 2.17. The van der Waals surface area contributed by atoms with Crippen LogP contribution >= 0.6 is 11.6 Å². The zero-order valence-electron chi connectivity index (χ0n) is 10.3. The normalized spacial score (nSPS) is 20.7. The lowest BCUT2D eigenvalue weighted by atomic mass is 10.1. The Balaban J connectivity index is 2.59. The van der Waals surface area contributed by atoms with Crippen molar-refractivity contribution in [3.63, 3.8) is 0 Å². The molecule has 0 saturated carbocycles. The summed E-state index contributed by atoms with van der Waals surface area (Å²) in [6.07, 6.45) is -1.53. The number of aliphatic carboxylic acids is 1. The van der Waals surface area contributed by atoms with Crippen LogP contribution in [0, 0.1) is 0 Å². The van der Waals surface area contributed by atoms with Crippen LogP contribution in [0.1, 0.15) is 27.2 Å². The first-order valence-corrected chi connectivity index (χ1v) is 5.67. The summed E-state index contributed by atoms with van der Waals surface area (Å²) in [6.45, 7) is 5.03. The van der Waals surface area contributed by atoms with Gasteiger partial charge in [0, 0.05) is 6.42 Å². The van der Waals surface area contributed by atoms with Crippen LogP contribution in [-0.2, 0) is 14.4 Å². The number of rotatable bonds is 3. The van der Waals surface area contributed by atoms with E-state index in [2.05, 4.69) is 10.5 Å². The SMILES string of the molecule is CC(C)(C)OC(=O)NC(C(=O)O)[C@@H]1CC(Cl)=NO1. The number of hydrogen-bond donors (Lipinski definition) is 2. The van der Waals surface area contributed by atoms with Crippen molar-refractivity contribution in [1.29, 1.82) is 0 Å². The van der Waals surface area contributed by atoms with Crippen molar-refractivity contribution in [3.8, 4) is 0 Å². The summed E-state index contributed by atoms with van der Waals surface area (Å²) in [5.41, 5.74) is -0.711. The van der Waals surface area contributed by atoms with Gasteiger partial charge < -0.3 is 20.0 Å². The van der Waals surface area contributed by atoms with Crippen LogP contribution in [0.5, 0.6) is 0 Å². The maximum Gasteiger partial charge on any atom is 0.408 e. The number of alkyl carbamates (subject to hydrolysis) is 1. The number of amides is 1. The average Bonchev–Trinajstić information content (AvgIpc) is 2.57. The Labute approximate surface area is 109 Å². The summed E-state index contributed by atoms with van der Waals surface area (Å²) in [5, 5.41) is 14.8. The standard InChI is InChI=1S/C10H15ClN2O5/c1-10(2,3)17-9(16)12-7(8(14)15)5-4-6(11)13-18-5/h5,7H,4H2,1-3H3,(H,12,16)(H,14,15)/t5-,7?/m0/s1. The second-order valence-electron chi connectivity index (χ2n) is 4.78. The first-order chi connectivity index (χ1) is 8.19. The Hall–Kier alpha value is -1.50. The smallest absolute Gasteiger partial charge is 0.408 e. The molecule has 1 amide bonds. The minimum atomic E-state index is -1.26. The number of carboxylic acid groups (broad SMARTS) is 1. The van der Waals surface area contributed by atoms with E-state index in [-0.39, 0.29) is 11.6 Å². The highest BCUT2D eigenvalue weighted by Gasteiger charge is 2.36. The molecule has 7 nitrogen and oxygen atoms in total. The molecule has 1 heterocycles. The van der Waals surface area contributed by atoms with Gasteiger partial charge in [-0.25, -0.2) is 9.59 Å². The van der Waals surface area contributed by atoms with Crippen LogP contribution in [0.2, 0.25) is 0 Å². The summed E-state index contributed by atoms with van der Waals surface area (Å²) < 4.78 is 4.97. The number of nitrogens with one attached hydrogen (secondary N) is 1. The van der Waals surface area contributed by atoms with Crippen LogP contribution in [0.4, 0.5) is 4.79 Å². The van der Waals surface area contributed by atoms with Crippen molar-refractivity contribution in [1.82, 2.24) is 5.32 Å². The molecule has 0 bridgehead atoms. The second kappa shape index (κ2) is 5.43. The molecule has 0 spiro atoms. The van der Waals surface area contributed by atoms with Gasteiger partial charge in [-0.05, 0) is 20.8 Å². The molecule has 1 rings (SSSR count). The van der Waals surface area contributed by atoms with E-state index < -0.39 is 29.8 Å². The van der Waals surface area contributed by atoms with E-state index in [0.29, 0.717) is 0 Å². The number of hydrogen-bond acceptors (Lipinski definition) is 5. The minimum absolute atomic E-state index is 0.133. The number of halogens is 1. The quantitative estimate of drug-likeness (QED) is 0.811. The fraction of sp³-hybridized carbons (Fsp3) is 0.700. The maximum atomic E-state index is 11.5. The van der Waals surface area contributed by atoms with Crippen LogP contribution in [0.25, 0.3) is 0 Å². The number of nitrogens with zero attached hydrogens (tertiary/aromatic N) is 1. The van der Waals surface area contributed by atoms with Crippen molar-refractivity contribution in [2.24, 2.45) is 5.16 Å². The Morgan fingerprint density at radius 3 is 2.61 bits per heavy atom. The molecule has 0 radical (unpaired) electrons. The van der Waals surface area contributed by atoms with Crippen molar-refractivity contribution in [2.75, 3.05) is 0 Å². The van der Waals surface area contributed by atoms with Crippen molar-refractivity contribution >= 4 is 28.8 Å². The van der Waals surface area contributed by atoms with Gasteiger partial charge in [0.05, 0.1) is 0 Å². The number of carbonyl (C=O) groups is 2. The Morgan fingerprint density at radius 1 is 1.61 bits per heavy atom. The van der Waals surface area contributed by atoms with Crippen molar-refractivity contribution in [3.05, 3.63) is 0 Å². The lowest BCUT2D eigenvalue weighted by Crippen LogP contribution is -2.50. The maximum absolute atomic E-state index is 11.5. The molecular weight excluding hydrogens is 264 g/mol. The van der Waals surface area contributed by atoms with Gasteiger partial charge in [0.15, 0.2) is 12.1 Å². The van der Waals surface area contributed by atoms with E-state index >= 15 is 0 Å². The molecule has 102 valence electrons. The van der Waals surface area contributed by atoms with Gasteiger partial charge >= 0.3 is 12.1 Å². The Bertz CT molecular complexity index is 377. The van der Waals surface area contributed by atoms with Crippen LogP contribution in [0.3, 0.4) is 0 Å². The van der Waals surface area contributed by atoms with E-state index in [4.69, 9.17) is 26.3 Å². The molecule has 2 N–H and O–H groups in total. The van der Waals surface area contributed by atoms with Crippen molar-refractivity contribution < 1.29 is 24.3 Å². The summed E-state index contributed by atoms with van der Waals surface area (Å²) >= 11 is 5.59. The van der Waals surface area contributed by atoms with Gasteiger partial charge in [-0.3, -0.25) is 0 Å². The lowest BCUT2D eigenvalue weighted by molar-refractivity contribution is -0.143. The van der Waals surface area contributed by atoms with Gasteiger partial charge in [0.25, 0.3) is 0 Å². The van der Waals surface area contributed by atoms with Gasteiger partial charge in [0.1, 0.15) is 10.8 Å². The topological polar surface area (TPSA) is 97.2 Å². The monoisotopic (exact) mass is 278 g/mol. The summed E-state index contributed by atoms with van der Waals surface area (Å²) in [7, 11) is 0. The highest BCUT2D eigenvalue weighted by atomic mass is 35.5. The third-order valence-electron chi connectivity index (χ3n) is 1.97. The van der Waals surface area contributed by atoms with E-state index in [9.17, 15) is 9.59 Å². The third kappa shape index (κ3) is 4.40. The Morgan fingerprint density at radius 2 is 2.22 bits per heavy atom. The molecule has 1 aliphatic rings. The zero-order chi connectivity index (χ0) is 13.9. The fourth-order valence-electron chi connectivity index (χ4n) is 1.29.